The monoisotopic (exact) mass is 415 g/mol. The summed E-state index contributed by atoms with van der Waals surface area (Å²) in [4.78, 5) is 42.0. The summed E-state index contributed by atoms with van der Waals surface area (Å²) >= 11 is 0. The van der Waals surface area contributed by atoms with E-state index in [1.165, 1.54) is 29.8 Å². The number of ketones is 1. The maximum absolute atomic E-state index is 14.2. The van der Waals surface area contributed by atoms with Crippen LogP contribution >= 0.6 is 0 Å². The van der Waals surface area contributed by atoms with Crippen LogP contribution in [0, 0.1) is 5.82 Å². The Hall–Kier alpha value is -4.13. The molecule has 7 heteroatoms. The standard InChI is InChI=1S/C24H18FN3O3/c1-15(29)16-7-4-9-19(12-16)27-23(30)20-13-17-8-5-11-26-22(17)28(24(20)31)14-18-6-2-3-10-21(18)25/h2-13H,14H2,1H3,(H,27,30). The largest absolute Gasteiger partial charge is 0.322 e. The Bertz CT molecular complexity index is 1380. The van der Waals surface area contributed by atoms with E-state index < -0.39 is 17.3 Å². The van der Waals surface area contributed by atoms with Crippen molar-refractivity contribution >= 4 is 28.4 Å². The zero-order valence-electron chi connectivity index (χ0n) is 16.6. The molecule has 4 aromatic rings. The second-order valence-electron chi connectivity index (χ2n) is 7.05. The minimum Gasteiger partial charge on any atom is -0.322 e. The number of benzene rings is 2. The van der Waals surface area contributed by atoms with Crippen LogP contribution in [0.25, 0.3) is 11.0 Å². The Labute approximate surface area is 177 Å². The number of pyridine rings is 2. The lowest BCUT2D eigenvalue weighted by atomic mass is 10.1. The van der Waals surface area contributed by atoms with Crippen LogP contribution in [0.3, 0.4) is 0 Å². The molecule has 0 aliphatic carbocycles. The number of nitrogens with zero attached hydrogens (tertiary/aromatic N) is 2. The summed E-state index contributed by atoms with van der Waals surface area (Å²) in [5.41, 5.74) is 0.801. The number of carbonyl (C=O) groups is 2. The number of hydrogen-bond donors (Lipinski definition) is 1. The number of halogens is 1. The van der Waals surface area contributed by atoms with E-state index in [0.29, 0.717) is 27.8 Å². The van der Waals surface area contributed by atoms with E-state index in [-0.39, 0.29) is 17.9 Å². The zero-order chi connectivity index (χ0) is 22.0. The molecule has 0 unspecified atom stereocenters. The van der Waals surface area contributed by atoms with Crippen LogP contribution in [-0.4, -0.2) is 21.2 Å². The summed E-state index contributed by atoms with van der Waals surface area (Å²) in [6.45, 7) is 1.36. The molecular formula is C24H18FN3O3. The highest BCUT2D eigenvalue weighted by molar-refractivity contribution is 6.06. The number of amides is 1. The first-order valence-electron chi connectivity index (χ1n) is 9.58. The van der Waals surface area contributed by atoms with Crippen LogP contribution in [0.2, 0.25) is 0 Å². The van der Waals surface area contributed by atoms with Crippen LogP contribution in [0.5, 0.6) is 0 Å². The third-order valence-electron chi connectivity index (χ3n) is 4.91. The molecule has 1 amide bonds. The van der Waals surface area contributed by atoms with Crippen molar-refractivity contribution in [3.05, 3.63) is 106 Å². The second kappa shape index (κ2) is 8.31. The van der Waals surface area contributed by atoms with Crippen molar-refractivity contribution in [1.82, 2.24) is 9.55 Å². The summed E-state index contributed by atoms with van der Waals surface area (Å²) in [5.74, 6) is -1.21. The van der Waals surface area contributed by atoms with E-state index in [9.17, 15) is 18.8 Å². The quantitative estimate of drug-likeness (QED) is 0.499. The van der Waals surface area contributed by atoms with Gasteiger partial charge in [-0.05, 0) is 43.3 Å². The number of rotatable bonds is 5. The smallest absolute Gasteiger partial charge is 0.265 e. The van der Waals surface area contributed by atoms with Crippen molar-refractivity contribution in [3.8, 4) is 0 Å². The van der Waals surface area contributed by atoms with E-state index in [2.05, 4.69) is 10.3 Å². The number of hydrogen-bond acceptors (Lipinski definition) is 4. The number of fused-ring (bicyclic) bond motifs is 1. The number of Topliss-reactive ketones (excluding diaryl/α,β-unsaturated/α-hetero) is 1. The first kappa shape index (κ1) is 20.2. The van der Waals surface area contributed by atoms with E-state index in [1.807, 2.05) is 0 Å². The second-order valence-corrected chi connectivity index (χ2v) is 7.05. The molecule has 0 aliphatic heterocycles. The molecule has 154 valence electrons. The average molecular weight is 415 g/mol. The molecule has 0 aliphatic rings. The first-order chi connectivity index (χ1) is 14.9. The van der Waals surface area contributed by atoms with Gasteiger partial charge in [0.15, 0.2) is 5.78 Å². The highest BCUT2D eigenvalue weighted by atomic mass is 19.1. The molecule has 31 heavy (non-hydrogen) atoms. The van der Waals surface area contributed by atoms with Crippen molar-refractivity contribution in [2.75, 3.05) is 5.32 Å². The fourth-order valence-electron chi connectivity index (χ4n) is 3.33. The normalized spacial score (nSPS) is 10.8. The van der Waals surface area contributed by atoms with E-state index in [1.54, 1.807) is 54.6 Å². The van der Waals surface area contributed by atoms with Gasteiger partial charge in [-0.2, -0.15) is 0 Å². The molecular weight excluding hydrogens is 397 g/mol. The Balaban J connectivity index is 1.78. The van der Waals surface area contributed by atoms with Gasteiger partial charge in [0.1, 0.15) is 17.0 Å². The predicted octanol–water partition coefficient (Wildman–Crippen LogP) is 4.04. The Morgan fingerprint density at radius 2 is 1.84 bits per heavy atom. The van der Waals surface area contributed by atoms with Gasteiger partial charge in [-0.1, -0.05) is 30.3 Å². The minimum atomic E-state index is -0.626. The zero-order valence-corrected chi connectivity index (χ0v) is 16.6. The van der Waals surface area contributed by atoms with Gasteiger partial charge in [-0.15, -0.1) is 0 Å². The number of anilines is 1. The molecule has 4 rings (SSSR count). The molecule has 2 aromatic heterocycles. The molecule has 2 aromatic carbocycles. The summed E-state index contributed by atoms with van der Waals surface area (Å²) < 4.78 is 15.5. The lowest BCUT2D eigenvalue weighted by molar-refractivity contribution is 0.101. The molecule has 2 heterocycles. The minimum absolute atomic E-state index is 0.0695. The molecule has 6 nitrogen and oxygen atoms in total. The van der Waals surface area contributed by atoms with Gasteiger partial charge in [-0.25, -0.2) is 9.37 Å². The van der Waals surface area contributed by atoms with E-state index in [4.69, 9.17) is 0 Å². The van der Waals surface area contributed by atoms with E-state index >= 15 is 0 Å². The fourth-order valence-corrected chi connectivity index (χ4v) is 3.33. The van der Waals surface area contributed by atoms with Crippen LogP contribution in [-0.2, 0) is 6.54 Å². The van der Waals surface area contributed by atoms with Gasteiger partial charge in [0.2, 0.25) is 0 Å². The molecule has 0 saturated carbocycles. The van der Waals surface area contributed by atoms with Gasteiger partial charge in [0.25, 0.3) is 11.5 Å². The lowest BCUT2D eigenvalue weighted by Crippen LogP contribution is -2.30. The van der Waals surface area contributed by atoms with Crippen molar-refractivity contribution < 1.29 is 14.0 Å². The maximum atomic E-state index is 14.2. The molecule has 0 spiro atoms. The maximum Gasteiger partial charge on any atom is 0.265 e. The Morgan fingerprint density at radius 3 is 2.61 bits per heavy atom. The van der Waals surface area contributed by atoms with E-state index in [0.717, 1.165) is 0 Å². The summed E-state index contributed by atoms with van der Waals surface area (Å²) in [7, 11) is 0. The van der Waals surface area contributed by atoms with Crippen LogP contribution in [0.15, 0.2) is 77.7 Å². The topological polar surface area (TPSA) is 81.1 Å². The third-order valence-corrected chi connectivity index (χ3v) is 4.91. The Kier molecular flexibility index (Phi) is 5.41. The SMILES string of the molecule is CC(=O)c1cccc(NC(=O)c2cc3cccnc3n(Cc3ccccc3F)c2=O)c1. The van der Waals surface area contributed by atoms with Crippen LogP contribution in [0.1, 0.15) is 33.2 Å². The van der Waals surface area contributed by atoms with Crippen molar-refractivity contribution in [3.63, 3.8) is 0 Å². The molecule has 0 radical (unpaired) electrons. The molecule has 0 atom stereocenters. The van der Waals surface area contributed by atoms with Crippen LogP contribution in [0.4, 0.5) is 10.1 Å². The fraction of sp³-hybridized carbons (Fsp3) is 0.0833. The average Bonchev–Trinajstić information content (AvgIpc) is 2.77. The lowest BCUT2D eigenvalue weighted by Gasteiger charge is -2.13. The summed E-state index contributed by atoms with van der Waals surface area (Å²) in [6.07, 6.45) is 1.53. The molecule has 0 saturated heterocycles. The first-order valence-corrected chi connectivity index (χ1v) is 9.58. The van der Waals surface area contributed by atoms with Gasteiger partial charge in [0, 0.05) is 28.4 Å². The van der Waals surface area contributed by atoms with Gasteiger partial charge in [0.05, 0.1) is 6.54 Å². The Morgan fingerprint density at radius 1 is 1.03 bits per heavy atom. The number of aromatic nitrogens is 2. The third kappa shape index (κ3) is 4.11. The summed E-state index contributed by atoms with van der Waals surface area (Å²) in [6, 6.07) is 17.5. The highest BCUT2D eigenvalue weighted by Gasteiger charge is 2.18. The molecule has 0 bridgehead atoms. The molecule has 0 fully saturated rings. The van der Waals surface area contributed by atoms with Crippen molar-refractivity contribution in [2.24, 2.45) is 0 Å². The number of nitrogens with one attached hydrogen (secondary N) is 1. The van der Waals surface area contributed by atoms with Gasteiger partial charge < -0.3 is 5.32 Å². The van der Waals surface area contributed by atoms with Gasteiger partial charge >= 0.3 is 0 Å². The molecule has 1 N–H and O–H groups in total. The summed E-state index contributed by atoms with van der Waals surface area (Å²) in [5, 5.41) is 3.23. The number of carbonyl (C=O) groups excluding carboxylic acids is 2. The highest BCUT2D eigenvalue weighted by Crippen LogP contribution is 2.16. The predicted molar refractivity (Wildman–Crippen MR) is 116 cm³/mol. The van der Waals surface area contributed by atoms with Crippen molar-refractivity contribution in [1.29, 1.82) is 0 Å². The van der Waals surface area contributed by atoms with Gasteiger partial charge in [-0.3, -0.25) is 19.0 Å². The van der Waals surface area contributed by atoms with Crippen LogP contribution < -0.4 is 10.9 Å². The van der Waals surface area contributed by atoms with Crippen molar-refractivity contribution in [2.45, 2.75) is 13.5 Å².